The Morgan fingerprint density at radius 2 is 2.19 bits per heavy atom. The lowest BCUT2D eigenvalue weighted by Gasteiger charge is -2.45. The minimum absolute atomic E-state index is 0.132. The summed E-state index contributed by atoms with van der Waals surface area (Å²) in [5.41, 5.74) is 6.39. The van der Waals surface area contributed by atoms with Crippen molar-refractivity contribution in [3.63, 3.8) is 0 Å². The monoisotopic (exact) mass is 376 g/mol. The topological polar surface area (TPSA) is 133 Å². The molecule has 1 saturated heterocycles. The number of aliphatic hydroxyl groups excluding tert-OH is 1. The lowest BCUT2D eigenvalue weighted by atomic mass is 9.83. The molecule has 4 heterocycles. The molecule has 0 spiro atoms. The standard InChI is InChI=1S/C16H16N4O5S/c1-6-13(26-10-4-18(16(17)25)5-19(6)10)8-3-9-11(7(2)21)14(22)20(9)12(8)15(23)24/h4-5,7,9,11,21H,3H2,1-2H3,(H2-,17,23,24,25)/t7-,9-,11-/m1/s1. The highest BCUT2D eigenvalue weighted by molar-refractivity contribution is 7.18. The molecule has 9 nitrogen and oxygen atoms in total. The van der Waals surface area contributed by atoms with Crippen LogP contribution in [-0.4, -0.2) is 44.6 Å². The Bertz CT molecular complexity index is 1020. The summed E-state index contributed by atoms with van der Waals surface area (Å²) in [6.07, 6.45) is 2.59. The summed E-state index contributed by atoms with van der Waals surface area (Å²) >= 11 is 1.31. The number of β-lactam (4-membered cyclic amide) rings is 1. The minimum Gasteiger partial charge on any atom is -0.543 e. The van der Waals surface area contributed by atoms with Crippen molar-refractivity contribution in [3.8, 4) is 0 Å². The van der Waals surface area contributed by atoms with Gasteiger partial charge in [-0.2, -0.15) is 8.97 Å². The van der Waals surface area contributed by atoms with Gasteiger partial charge in [0.2, 0.25) is 10.7 Å². The number of aryl methyl sites for hydroxylation is 1. The van der Waals surface area contributed by atoms with Gasteiger partial charge in [-0.05, 0) is 20.3 Å². The third-order valence-electron chi connectivity index (χ3n) is 5.07. The van der Waals surface area contributed by atoms with Crippen molar-refractivity contribution >= 4 is 39.6 Å². The largest absolute Gasteiger partial charge is 0.543 e. The van der Waals surface area contributed by atoms with Crippen LogP contribution < -0.4 is 15.2 Å². The molecule has 0 unspecified atom stereocenters. The van der Waals surface area contributed by atoms with Crippen molar-refractivity contribution < 1.29 is 29.0 Å². The second-order valence-electron chi connectivity index (χ2n) is 6.58. The van der Waals surface area contributed by atoms with Gasteiger partial charge in [0.1, 0.15) is 5.69 Å². The second kappa shape index (κ2) is 5.39. The van der Waals surface area contributed by atoms with E-state index in [-0.39, 0.29) is 11.7 Å². The number of aromatic nitrogens is 2. The van der Waals surface area contributed by atoms with Crippen LogP contribution in [0, 0.1) is 12.8 Å². The molecule has 2 aromatic rings. The number of aliphatic carboxylic acids is 1. The summed E-state index contributed by atoms with van der Waals surface area (Å²) in [5, 5.41) is 21.5. The summed E-state index contributed by atoms with van der Waals surface area (Å²) in [5.74, 6) is -2.42. The first-order chi connectivity index (χ1) is 12.2. The van der Waals surface area contributed by atoms with Gasteiger partial charge in [-0.25, -0.2) is 4.79 Å². The molecule has 2 aliphatic heterocycles. The highest BCUT2D eigenvalue weighted by atomic mass is 32.1. The average molecular weight is 376 g/mol. The molecular formula is C16H16N4O5S. The number of amides is 2. The van der Waals surface area contributed by atoms with E-state index in [2.05, 4.69) is 0 Å². The Morgan fingerprint density at radius 1 is 1.50 bits per heavy atom. The number of imidazole rings is 1. The van der Waals surface area contributed by atoms with Crippen LogP contribution in [0.25, 0.3) is 10.4 Å². The van der Waals surface area contributed by atoms with Gasteiger partial charge in [0.25, 0.3) is 6.33 Å². The maximum Gasteiger partial charge on any atom is 0.410 e. The molecule has 2 amide bonds. The zero-order valence-electron chi connectivity index (χ0n) is 14.0. The van der Waals surface area contributed by atoms with Crippen molar-refractivity contribution in [2.75, 3.05) is 0 Å². The lowest BCUT2D eigenvalue weighted by Crippen LogP contribution is -2.62. The molecule has 3 atom stereocenters. The minimum atomic E-state index is -1.41. The fourth-order valence-electron chi connectivity index (χ4n) is 3.87. The number of aliphatic hydroxyl groups is 1. The van der Waals surface area contributed by atoms with E-state index >= 15 is 0 Å². The van der Waals surface area contributed by atoms with Crippen molar-refractivity contribution in [3.05, 3.63) is 28.8 Å². The van der Waals surface area contributed by atoms with E-state index in [0.29, 0.717) is 21.7 Å². The molecule has 10 heteroatoms. The number of nitrogens with zero attached hydrogens (tertiary/aromatic N) is 3. The number of nitrogens with two attached hydrogens (primary N) is 1. The first-order valence-electron chi connectivity index (χ1n) is 8.01. The molecule has 3 N–H and O–H groups in total. The molecular weight excluding hydrogens is 360 g/mol. The van der Waals surface area contributed by atoms with Crippen LogP contribution in [-0.2, 0) is 9.59 Å². The smallest absolute Gasteiger partial charge is 0.410 e. The van der Waals surface area contributed by atoms with Gasteiger partial charge >= 0.3 is 6.03 Å². The third-order valence-corrected chi connectivity index (χ3v) is 6.33. The molecule has 4 rings (SSSR count). The van der Waals surface area contributed by atoms with E-state index in [1.165, 1.54) is 34.1 Å². The van der Waals surface area contributed by atoms with Crippen LogP contribution in [0.4, 0.5) is 4.79 Å². The summed E-state index contributed by atoms with van der Waals surface area (Å²) < 4.78 is 2.99. The maximum atomic E-state index is 12.3. The van der Waals surface area contributed by atoms with E-state index in [1.54, 1.807) is 17.5 Å². The van der Waals surface area contributed by atoms with Crippen molar-refractivity contribution in [2.45, 2.75) is 32.4 Å². The van der Waals surface area contributed by atoms with E-state index in [1.807, 2.05) is 0 Å². The van der Waals surface area contributed by atoms with Gasteiger partial charge in [-0.1, -0.05) is 11.3 Å². The molecule has 0 aliphatic carbocycles. The number of carboxylic acids is 1. The van der Waals surface area contributed by atoms with Gasteiger partial charge in [-0.3, -0.25) is 4.79 Å². The molecule has 26 heavy (non-hydrogen) atoms. The number of hydrogen-bond acceptors (Lipinski definition) is 6. The molecule has 136 valence electrons. The SMILES string of the molecule is Cc1c(C2=C(C(=O)[O-])N3C(=O)[C@H]([C@@H](C)O)[C@H]3C2)sc2cn(C(N)=O)c[n+]12. The highest BCUT2D eigenvalue weighted by Gasteiger charge is 2.55. The van der Waals surface area contributed by atoms with Gasteiger partial charge in [0.15, 0.2) is 6.20 Å². The summed E-state index contributed by atoms with van der Waals surface area (Å²) in [6, 6.07) is -0.992. The predicted octanol–water partition coefficient (Wildman–Crippen LogP) is -1.40. The third kappa shape index (κ3) is 2.05. The zero-order valence-corrected chi connectivity index (χ0v) is 14.8. The van der Waals surface area contributed by atoms with Crippen LogP contribution >= 0.6 is 11.3 Å². The fraction of sp³-hybridized carbons (Fsp3) is 0.375. The number of carbonyl (C=O) groups excluding carboxylic acids is 3. The normalized spacial score (nSPS) is 23.3. The van der Waals surface area contributed by atoms with E-state index < -0.39 is 29.9 Å². The summed E-state index contributed by atoms with van der Waals surface area (Å²) in [7, 11) is 0. The first-order valence-corrected chi connectivity index (χ1v) is 8.82. The molecule has 0 aromatic carbocycles. The number of rotatable bonds is 3. The summed E-state index contributed by atoms with van der Waals surface area (Å²) in [4.78, 5) is 38.0. The van der Waals surface area contributed by atoms with Gasteiger partial charge in [0, 0.05) is 5.57 Å². The van der Waals surface area contributed by atoms with E-state index in [0.717, 1.165) is 5.69 Å². The fourth-order valence-corrected chi connectivity index (χ4v) is 5.08. The van der Waals surface area contributed by atoms with Gasteiger partial charge in [-0.15, -0.1) is 0 Å². The Kier molecular flexibility index (Phi) is 3.47. The Hall–Kier alpha value is -2.72. The number of thiazole rings is 1. The second-order valence-corrected chi connectivity index (χ2v) is 7.61. The average Bonchev–Trinajstić information content (AvgIpc) is 3.17. The van der Waals surface area contributed by atoms with Crippen LogP contribution in [0.1, 0.15) is 23.9 Å². The maximum absolute atomic E-state index is 12.3. The Balaban J connectivity index is 1.82. The number of fused-ring (bicyclic) bond motifs is 2. The zero-order chi connectivity index (χ0) is 18.9. The number of carboxylic acid groups (broad SMARTS) is 1. The Morgan fingerprint density at radius 3 is 2.73 bits per heavy atom. The van der Waals surface area contributed by atoms with E-state index in [9.17, 15) is 24.6 Å². The van der Waals surface area contributed by atoms with Crippen molar-refractivity contribution in [1.29, 1.82) is 0 Å². The molecule has 0 saturated carbocycles. The highest BCUT2D eigenvalue weighted by Crippen LogP contribution is 2.48. The van der Waals surface area contributed by atoms with Crippen molar-refractivity contribution in [1.82, 2.24) is 9.47 Å². The number of hydrogen-bond donors (Lipinski definition) is 2. The molecule has 2 aromatic heterocycles. The molecule has 0 bridgehead atoms. The van der Waals surface area contributed by atoms with Gasteiger partial charge < -0.3 is 25.6 Å². The lowest BCUT2D eigenvalue weighted by molar-refractivity contribution is -0.515. The van der Waals surface area contributed by atoms with Crippen LogP contribution in [0.2, 0.25) is 0 Å². The quantitative estimate of drug-likeness (QED) is 0.502. The van der Waals surface area contributed by atoms with Crippen LogP contribution in [0.3, 0.4) is 0 Å². The molecule has 0 radical (unpaired) electrons. The first kappa shape index (κ1) is 16.7. The van der Waals surface area contributed by atoms with Crippen LogP contribution in [0.5, 0.6) is 0 Å². The van der Waals surface area contributed by atoms with E-state index in [4.69, 9.17) is 5.73 Å². The number of carbonyl (C=O) groups is 3. The summed E-state index contributed by atoms with van der Waals surface area (Å²) in [6.45, 7) is 3.33. The van der Waals surface area contributed by atoms with Crippen molar-refractivity contribution in [2.24, 2.45) is 11.7 Å². The molecule has 1 fully saturated rings. The van der Waals surface area contributed by atoms with Gasteiger partial charge in [0.05, 0.1) is 34.6 Å². The van der Waals surface area contributed by atoms with Crippen LogP contribution in [0.15, 0.2) is 18.2 Å². The molecule has 2 aliphatic rings. The number of primary amides is 1. The Labute approximate surface area is 151 Å². The predicted molar refractivity (Wildman–Crippen MR) is 87.5 cm³/mol.